The maximum atomic E-state index is 13.9. The normalized spacial score (nSPS) is 11.8. The maximum absolute atomic E-state index is 13.9. The first kappa shape index (κ1) is 43.1. The number of aromatic nitrogens is 6. The zero-order valence-electron chi connectivity index (χ0n) is 35.8. The number of esters is 1. The van der Waals surface area contributed by atoms with E-state index in [-0.39, 0.29) is 38.7 Å². The van der Waals surface area contributed by atoms with Crippen LogP contribution < -0.4 is 9.47 Å². The molecule has 0 spiro atoms. The molecular formula is C50H45N6O8P. The fourth-order valence-corrected chi connectivity index (χ4v) is 8.62. The fourth-order valence-electron chi connectivity index (χ4n) is 7.48. The van der Waals surface area contributed by atoms with Gasteiger partial charge in [-0.05, 0) is 87.3 Å². The molecule has 0 amide bonds. The molecular weight excluding hydrogens is 844 g/mol. The Labute approximate surface area is 375 Å². The third-order valence-corrected chi connectivity index (χ3v) is 12.2. The fraction of sp³-hybridized carbons (Fsp3) is 0.180. The molecule has 1 aliphatic carbocycles. The third kappa shape index (κ3) is 10.4. The number of benzene rings is 6. The molecule has 2 aromatic heterocycles. The number of ether oxygens (including phenoxy) is 3. The molecule has 9 rings (SSSR count). The summed E-state index contributed by atoms with van der Waals surface area (Å²) in [5.74, 6) is 0.799. The van der Waals surface area contributed by atoms with E-state index >= 15 is 0 Å². The Morgan fingerprint density at radius 2 is 1.14 bits per heavy atom. The highest BCUT2D eigenvalue weighted by atomic mass is 31.2. The summed E-state index contributed by atoms with van der Waals surface area (Å²) < 4.78 is 47.3. The second kappa shape index (κ2) is 19.7. The first-order chi connectivity index (χ1) is 31.8. The molecule has 65 heavy (non-hydrogen) atoms. The molecule has 0 radical (unpaired) electrons. The van der Waals surface area contributed by atoms with Crippen LogP contribution in [0.2, 0.25) is 0 Å². The second-order valence-corrected chi connectivity index (χ2v) is 16.9. The van der Waals surface area contributed by atoms with Crippen LogP contribution in [0.25, 0.3) is 33.6 Å². The Balaban J connectivity index is 0.908. The van der Waals surface area contributed by atoms with Crippen LogP contribution in [-0.4, -0.2) is 63.4 Å². The summed E-state index contributed by atoms with van der Waals surface area (Å²) in [5.41, 5.74) is 10.8. The molecule has 14 nitrogen and oxygen atoms in total. The van der Waals surface area contributed by atoms with Gasteiger partial charge in [-0.3, -0.25) is 13.6 Å². The lowest BCUT2D eigenvalue weighted by Gasteiger charge is -2.18. The van der Waals surface area contributed by atoms with Crippen molar-refractivity contribution in [1.82, 2.24) is 30.0 Å². The SMILES string of the molecule is COc1ccc(Cn2ncc(-c3ccc4c(c3)Cc3cc(-c5nn(Cc6ccc(OC)cc6)nc5C(=O)OCCOP(=O)(OCc5ccccc5)OCc5ccccc5)ccc3-4)n2)cc1. The second-order valence-electron chi connectivity index (χ2n) is 15.2. The van der Waals surface area contributed by atoms with Gasteiger partial charge < -0.3 is 14.2 Å². The number of carbonyl (C=O) groups is 1. The predicted octanol–water partition coefficient (Wildman–Crippen LogP) is 9.60. The zero-order valence-corrected chi connectivity index (χ0v) is 36.7. The van der Waals surface area contributed by atoms with Crippen LogP contribution in [0.3, 0.4) is 0 Å². The molecule has 0 fully saturated rings. The van der Waals surface area contributed by atoms with E-state index in [0.717, 1.165) is 67.3 Å². The number of fused-ring (bicyclic) bond motifs is 3. The van der Waals surface area contributed by atoms with Gasteiger partial charge in [0.05, 0.1) is 53.3 Å². The van der Waals surface area contributed by atoms with Crippen molar-refractivity contribution in [3.8, 4) is 45.1 Å². The van der Waals surface area contributed by atoms with E-state index in [9.17, 15) is 9.36 Å². The number of methoxy groups -OCH3 is 2. The number of phosphoric ester groups is 1. The number of phosphoric acid groups is 1. The van der Waals surface area contributed by atoms with Gasteiger partial charge in [0.2, 0.25) is 0 Å². The predicted molar refractivity (Wildman–Crippen MR) is 243 cm³/mol. The third-order valence-electron chi connectivity index (χ3n) is 10.8. The topological polar surface area (TPSA) is 151 Å². The molecule has 0 unspecified atom stereocenters. The van der Waals surface area contributed by atoms with Crippen LogP contribution in [-0.2, 0) is 55.6 Å². The molecule has 0 aliphatic heterocycles. The van der Waals surface area contributed by atoms with E-state index in [1.54, 1.807) is 25.2 Å². The number of carbonyl (C=O) groups excluding carboxylic acids is 1. The number of hydrogen-bond acceptors (Lipinski definition) is 12. The molecule has 2 heterocycles. The summed E-state index contributed by atoms with van der Waals surface area (Å²) in [6, 6.07) is 46.3. The van der Waals surface area contributed by atoms with Crippen molar-refractivity contribution in [2.45, 2.75) is 32.7 Å². The van der Waals surface area contributed by atoms with Crippen molar-refractivity contribution in [2.75, 3.05) is 27.4 Å². The van der Waals surface area contributed by atoms with E-state index in [0.29, 0.717) is 24.2 Å². The number of nitrogens with zero attached hydrogens (tertiary/aromatic N) is 6. The van der Waals surface area contributed by atoms with Crippen LogP contribution >= 0.6 is 7.82 Å². The highest BCUT2D eigenvalue weighted by Crippen LogP contribution is 2.51. The van der Waals surface area contributed by atoms with Crippen LogP contribution in [0.1, 0.15) is 43.9 Å². The van der Waals surface area contributed by atoms with E-state index in [2.05, 4.69) is 34.5 Å². The number of rotatable bonds is 19. The van der Waals surface area contributed by atoms with Crippen molar-refractivity contribution in [2.24, 2.45) is 0 Å². The lowest BCUT2D eigenvalue weighted by molar-refractivity contribution is 0.0371. The van der Waals surface area contributed by atoms with E-state index in [1.165, 1.54) is 4.80 Å². The Hall–Kier alpha value is -7.22. The maximum Gasteiger partial charge on any atom is 0.475 e. The van der Waals surface area contributed by atoms with Gasteiger partial charge in [0.1, 0.15) is 29.5 Å². The van der Waals surface area contributed by atoms with Crippen molar-refractivity contribution >= 4 is 13.8 Å². The van der Waals surface area contributed by atoms with Crippen molar-refractivity contribution in [3.05, 3.63) is 191 Å². The van der Waals surface area contributed by atoms with Gasteiger partial charge in [-0.15, -0.1) is 5.10 Å². The summed E-state index contributed by atoms with van der Waals surface area (Å²) in [6.45, 7) is 0.296. The molecule has 0 N–H and O–H groups in total. The molecule has 0 saturated carbocycles. The summed E-state index contributed by atoms with van der Waals surface area (Å²) in [4.78, 5) is 17.0. The highest BCUT2D eigenvalue weighted by molar-refractivity contribution is 7.48. The lowest BCUT2D eigenvalue weighted by Crippen LogP contribution is -2.13. The smallest absolute Gasteiger partial charge is 0.475 e. The van der Waals surface area contributed by atoms with Gasteiger partial charge in [0.25, 0.3) is 0 Å². The zero-order chi connectivity index (χ0) is 44.6. The van der Waals surface area contributed by atoms with Crippen LogP contribution in [0.4, 0.5) is 0 Å². The van der Waals surface area contributed by atoms with Gasteiger partial charge in [-0.25, -0.2) is 9.36 Å². The molecule has 0 atom stereocenters. The van der Waals surface area contributed by atoms with Crippen molar-refractivity contribution < 1.29 is 37.1 Å². The molecule has 1 aliphatic rings. The average Bonchev–Trinajstić information content (AvgIpc) is 4.10. The summed E-state index contributed by atoms with van der Waals surface area (Å²) in [5, 5.41) is 18.7. The van der Waals surface area contributed by atoms with Crippen molar-refractivity contribution in [3.63, 3.8) is 0 Å². The van der Waals surface area contributed by atoms with Gasteiger partial charge in [-0.2, -0.15) is 24.9 Å². The Kier molecular flexibility index (Phi) is 13.0. The van der Waals surface area contributed by atoms with E-state index in [4.69, 9.17) is 38.0 Å². The largest absolute Gasteiger partial charge is 0.497 e. The molecule has 8 aromatic rings. The minimum absolute atomic E-state index is 0.00467. The van der Waals surface area contributed by atoms with Crippen LogP contribution in [0.15, 0.2) is 152 Å². The van der Waals surface area contributed by atoms with Gasteiger partial charge in [0.15, 0.2) is 5.69 Å². The first-order valence-corrected chi connectivity index (χ1v) is 22.4. The van der Waals surface area contributed by atoms with Crippen LogP contribution in [0.5, 0.6) is 11.5 Å². The van der Waals surface area contributed by atoms with Gasteiger partial charge in [0, 0.05) is 11.1 Å². The highest BCUT2D eigenvalue weighted by Gasteiger charge is 2.29. The minimum atomic E-state index is -4.09. The molecule has 0 saturated heterocycles. The van der Waals surface area contributed by atoms with Crippen molar-refractivity contribution in [1.29, 1.82) is 0 Å². The Bertz CT molecular complexity index is 2890. The molecule has 0 bridgehead atoms. The molecule has 328 valence electrons. The minimum Gasteiger partial charge on any atom is -0.497 e. The lowest BCUT2D eigenvalue weighted by atomic mass is 10.0. The summed E-state index contributed by atoms with van der Waals surface area (Å²) >= 11 is 0. The van der Waals surface area contributed by atoms with Gasteiger partial charge in [-0.1, -0.05) is 109 Å². The molecule has 15 heteroatoms. The monoisotopic (exact) mass is 888 g/mol. The number of hydrogen-bond donors (Lipinski definition) is 0. The van der Waals surface area contributed by atoms with Gasteiger partial charge >= 0.3 is 13.8 Å². The molecule has 6 aromatic carbocycles. The summed E-state index contributed by atoms with van der Waals surface area (Å²) in [7, 11) is -0.833. The Morgan fingerprint density at radius 1 is 0.585 bits per heavy atom. The van der Waals surface area contributed by atoms with E-state index < -0.39 is 13.8 Å². The quantitative estimate of drug-likeness (QED) is 0.0432. The first-order valence-electron chi connectivity index (χ1n) is 21.0. The summed E-state index contributed by atoms with van der Waals surface area (Å²) in [6.07, 6.45) is 2.45. The Morgan fingerprint density at radius 3 is 1.72 bits per heavy atom. The van der Waals surface area contributed by atoms with E-state index in [1.807, 2.05) is 121 Å². The standard InChI is InChI=1S/C50H45N6O8P/c1-59-43-19-13-35(14-20-43)31-55-51-30-47(52-55)39-17-23-45-41(27-39)29-42-28-40(18-24-46(42)45)48-49(54-56(53-48)32-36-15-21-44(60-2)22-16-36)50(57)61-25-26-62-65(58,63-33-37-9-5-3-6-10-37)64-34-38-11-7-4-8-12-38/h3-24,27-28,30H,25-26,29,31-34H2,1-2H3. The van der Waals surface area contributed by atoms with Crippen LogP contribution in [0, 0.1) is 0 Å². The average molecular weight is 889 g/mol.